The van der Waals surface area contributed by atoms with Crippen molar-refractivity contribution >= 4 is 32.8 Å². The molecular weight excluding hydrogens is 294 g/mol. The number of rotatable bonds is 2. The Morgan fingerprint density at radius 2 is 2.00 bits per heavy atom. The second-order valence-electron chi connectivity index (χ2n) is 4.57. The number of aromatic nitrogens is 2. The maximum absolute atomic E-state index is 5.97. The molecule has 1 fully saturated rings. The van der Waals surface area contributed by atoms with E-state index in [1.165, 1.54) is 12.8 Å². The first-order valence-electron chi connectivity index (χ1n) is 6.12. The van der Waals surface area contributed by atoms with Gasteiger partial charge in [-0.1, -0.05) is 15.9 Å². The summed E-state index contributed by atoms with van der Waals surface area (Å²) in [6.45, 7) is 0. The largest absolute Gasteiger partial charge is 0.474 e. The van der Waals surface area contributed by atoms with E-state index in [1.807, 2.05) is 18.2 Å². The van der Waals surface area contributed by atoms with Crippen LogP contribution in [0.3, 0.4) is 0 Å². The number of nitrogens with two attached hydrogens (primary N) is 1. The highest BCUT2D eigenvalue weighted by Crippen LogP contribution is 2.30. The quantitative estimate of drug-likeness (QED) is 0.924. The molecule has 4 nitrogen and oxygen atoms in total. The van der Waals surface area contributed by atoms with Gasteiger partial charge in [0.05, 0.1) is 10.9 Å². The summed E-state index contributed by atoms with van der Waals surface area (Å²) in [7, 11) is 0. The number of ether oxygens (including phenoxy) is 1. The number of nitrogens with zero attached hydrogens (tertiary/aromatic N) is 2. The van der Waals surface area contributed by atoms with Crippen molar-refractivity contribution in [3.05, 3.63) is 22.7 Å². The van der Waals surface area contributed by atoms with Crippen molar-refractivity contribution in [1.29, 1.82) is 0 Å². The molecule has 1 aliphatic rings. The SMILES string of the molecule is Nc1nc(OC2CCCC2)c2cc(Br)ccc2n1. The van der Waals surface area contributed by atoms with E-state index in [9.17, 15) is 0 Å². The van der Waals surface area contributed by atoms with Gasteiger partial charge in [-0.3, -0.25) is 0 Å². The Morgan fingerprint density at radius 1 is 1.22 bits per heavy atom. The topological polar surface area (TPSA) is 61.0 Å². The molecule has 18 heavy (non-hydrogen) atoms. The van der Waals surface area contributed by atoms with Crippen LogP contribution in [0.25, 0.3) is 10.9 Å². The number of hydrogen-bond donors (Lipinski definition) is 1. The maximum Gasteiger partial charge on any atom is 0.226 e. The highest BCUT2D eigenvalue weighted by molar-refractivity contribution is 9.10. The van der Waals surface area contributed by atoms with Gasteiger partial charge in [0.25, 0.3) is 0 Å². The van der Waals surface area contributed by atoms with Gasteiger partial charge >= 0.3 is 0 Å². The first-order valence-corrected chi connectivity index (χ1v) is 6.91. The summed E-state index contributed by atoms with van der Waals surface area (Å²) < 4.78 is 6.96. The van der Waals surface area contributed by atoms with Gasteiger partial charge in [0, 0.05) is 4.47 Å². The fraction of sp³-hybridized carbons (Fsp3) is 0.385. The summed E-state index contributed by atoms with van der Waals surface area (Å²) in [6, 6.07) is 5.83. The van der Waals surface area contributed by atoms with Crippen molar-refractivity contribution in [3.8, 4) is 5.88 Å². The van der Waals surface area contributed by atoms with Crippen LogP contribution in [0.4, 0.5) is 5.95 Å². The van der Waals surface area contributed by atoms with E-state index in [2.05, 4.69) is 25.9 Å². The zero-order valence-electron chi connectivity index (χ0n) is 9.90. The van der Waals surface area contributed by atoms with Crippen LogP contribution in [-0.4, -0.2) is 16.1 Å². The van der Waals surface area contributed by atoms with Crippen LogP contribution in [0.5, 0.6) is 5.88 Å². The minimum atomic E-state index is 0.262. The summed E-state index contributed by atoms with van der Waals surface area (Å²) in [5, 5.41) is 0.908. The molecule has 0 unspecified atom stereocenters. The van der Waals surface area contributed by atoms with E-state index in [-0.39, 0.29) is 12.1 Å². The first kappa shape index (κ1) is 11.7. The van der Waals surface area contributed by atoms with Crippen molar-refractivity contribution in [2.75, 3.05) is 5.73 Å². The predicted molar refractivity (Wildman–Crippen MR) is 74.5 cm³/mol. The molecule has 1 aromatic carbocycles. The molecule has 0 bridgehead atoms. The molecule has 0 amide bonds. The normalized spacial score (nSPS) is 16.3. The third kappa shape index (κ3) is 2.27. The minimum absolute atomic E-state index is 0.262. The number of anilines is 1. The zero-order valence-corrected chi connectivity index (χ0v) is 11.5. The van der Waals surface area contributed by atoms with Crippen molar-refractivity contribution in [2.45, 2.75) is 31.8 Å². The molecule has 0 atom stereocenters. The smallest absolute Gasteiger partial charge is 0.226 e. The van der Waals surface area contributed by atoms with E-state index < -0.39 is 0 Å². The van der Waals surface area contributed by atoms with Gasteiger partial charge in [-0.15, -0.1) is 0 Å². The monoisotopic (exact) mass is 307 g/mol. The van der Waals surface area contributed by atoms with Crippen LogP contribution in [0.2, 0.25) is 0 Å². The highest BCUT2D eigenvalue weighted by Gasteiger charge is 2.19. The fourth-order valence-corrected chi connectivity index (χ4v) is 2.70. The van der Waals surface area contributed by atoms with Gasteiger partial charge in [-0.05, 0) is 43.9 Å². The Morgan fingerprint density at radius 3 is 2.78 bits per heavy atom. The number of benzene rings is 1. The molecular formula is C13H14BrN3O. The second-order valence-corrected chi connectivity index (χ2v) is 5.49. The molecule has 1 aliphatic carbocycles. The Balaban J connectivity index is 2.05. The molecule has 0 spiro atoms. The van der Waals surface area contributed by atoms with E-state index >= 15 is 0 Å². The Labute approximate surface area is 114 Å². The summed E-state index contributed by atoms with van der Waals surface area (Å²) in [6.07, 6.45) is 4.92. The standard InChI is InChI=1S/C13H14BrN3O/c14-8-5-6-11-10(7-8)12(17-13(15)16-11)18-9-3-1-2-4-9/h5-7,9H,1-4H2,(H2,15,16,17). The van der Waals surface area contributed by atoms with Gasteiger partial charge in [-0.25, -0.2) is 4.98 Å². The van der Waals surface area contributed by atoms with E-state index in [0.717, 1.165) is 28.2 Å². The average molecular weight is 308 g/mol. The minimum Gasteiger partial charge on any atom is -0.474 e. The molecule has 0 radical (unpaired) electrons. The van der Waals surface area contributed by atoms with E-state index in [4.69, 9.17) is 10.5 Å². The lowest BCUT2D eigenvalue weighted by Gasteiger charge is -2.14. The third-order valence-corrected chi connectivity index (χ3v) is 3.71. The van der Waals surface area contributed by atoms with Crippen LogP contribution in [0, 0.1) is 0 Å². The van der Waals surface area contributed by atoms with Gasteiger partial charge in [-0.2, -0.15) is 4.98 Å². The summed E-state index contributed by atoms with van der Waals surface area (Å²) in [5.41, 5.74) is 6.54. The fourth-order valence-electron chi connectivity index (χ4n) is 2.34. The van der Waals surface area contributed by atoms with Crippen LogP contribution in [0.15, 0.2) is 22.7 Å². The number of nitrogen functional groups attached to an aromatic ring is 1. The summed E-state index contributed by atoms with van der Waals surface area (Å²) in [4.78, 5) is 8.45. The molecule has 3 rings (SSSR count). The molecule has 1 heterocycles. The van der Waals surface area contributed by atoms with Crippen LogP contribution < -0.4 is 10.5 Å². The van der Waals surface area contributed by atoms with Gasteiger partial charge in [0.2, 0.25) is 11.8 Å². The van der Waals surface area contributed by atoms with Gasteiger partial charge < -0.3 is 10.5 Å². The number of hydrogen-bond acceptors (Lipinski definition) is 4. The van der Waals surface area contributed by atoms with Gasteiger partial charge in [0.1, 0.15) is 6.10 Å². The Bertz CT molecular complexity index is 582. The highest BCUT2D eigenvalue weighted by atomic mass is 79.9. The van der Waals surface area contributed by atoms with Crippen molar-refractivity contribution in [2.24, 2.45) is 0 Å². The van der Waals surface area contributed by atoms with Crippen LogP contribution in [-0.2, 0) is 0 Å². The number of fused-ring (bicyclic) bond motifs is 1. The molecule has 2 N–H and O–H groups in total. The number of halogens is 1. The lowest BCUT2D eigenvalue weighted by molar-refractivity contribution is 0.204. The maximum atomic E-state index is 5.97. The van der Waals surface area contributed by atoms with Crippen molar-refractivity contribution in [3.63, 3.8) is 0 Å². The zero-order chi connectivity index (χ0) is 12.5. The summed E-state index contributed by atoms with van der Waals surface area (Å²) in [5.74, 6) is 0.864. The molecule has 1 saturated carbocycles. The van der Waals surface area contributed by atoms with E-state index in [1.54, 1.807) is 0 Å². The Kier molecular flexibility index (Phi) is 3.07. The molecule has 0 saturated heterocycles. The predicted octanol–water partition coefficient (Wildman–Crippen LogP) is 3.30. The molecule has 0 aliphatic heterocycles. The lowest BCUT2D eigenvalue weighted by Crippen LogP contribution is -2.13. The van der Waals surface area contributed by atoms with Gasteiger partial charge in [0.15, 0.2) is 0 Å². The van der Waals surface area contributed by atoms with E-state index in [0.29, 0.717) is 5.88 Å². The molecule has 5 heteroatoms. The molecule has 2 aromatic rings. The average Bonchev–Trinajstić information content (AvgIpc) is 2.83. The molecule has 94 valence electrons. The van der Waals surface area contributed by atoms with Crippen molar-refractivity contribution < 1.29 is 4.74 Å². The Hall–Kier alpha value is -1.36. The van der Waals surface area contributed by atoms with Crippen molar-refractivity contribution in [1.82, 2.24) is 9.97 Å². The van der Waals surface area contributed by atoms with Crippen LogP contribution in [0.1, 0.15) is 25.7 Å². The second kappa shape index (κ2) is 4.72. The third-order valence-electron chi connectivity index (χ3n) is 3.22. The lowest BCUT2D eigenvalue weighted by atomic mass is 10.2. The summed E-state index contributed by atoms with van der Waals surface area (Å²) >= 11 is 3.46. The first-order chi connectivity index (χ1) is 8.72. The van der Waals surface area contributed by atoms with Crippen LogP contribution >= 0.6 is 15.9 Å². The molecule has 1 aromatic heterocycles.